The third-order valence-corrected chi connectivity index (χ3v) is 3.62. The molecule has 0 unspecified atom stereocenters. The van der Waals surface area contributed by atoms with Crippen molar-refractivity contribution < 1.29 is 13.7 Å². The van der Waals surface area contributed by atoms with Gasteiger partial charge in [0.15, 0.2) is 5.75 Å². The SMILES string of the molecule is COc1ccc(C=NO[Si](C)(C)C)cc1O[Si](C)(C)C. The average Bonchev–Trinajstić information content (AvgIpc) is 2.25. The zero-order valence-corrected chi connectivity index (χ0v) is 15.5. The highest BCUT2D eigenvalue weighted by Crippen LogP contribution is 2.29. The molecule has 0 radical (unpaired) electrons. The second-order valence-corrected chi connectivity index (χ2v) is 15.4. The summed E-state index contributed by atoms with van der Waals surface area (Å²) in [7, 11) is -1.66. The summed E-state index contributed by atoms with van der Waals surface area (Å²) >= 11 is 0. The van der Waals surface area contributed by atoms with Crippen molar-refractivity contribution in [2.75, 3.05) is 7.11 Å². The Balaban J connectivity index is 2.92. The van der Waals surface area contributed by atoms with Crippen molar-refractivity contribution in [3.63, 3.8) is 0 Å². The summed E-state index contributed by atoms with van der Waals surface area (Å²) in [5, 5.41) is 4.06. The molecule has 0 spiro atoms. The van der Waals surface area contributed by atoms with E-state index in [1.165, 1.54) is 0 Å². The number of ether oxygens (including phenoxy) is 1. The normalized spacial score (nSPS) is 12.6. The lowest BCUT2D eigenvalue weighted by Crippen LogP contribution is -2.29. The number of benzene rings is 1. The highest BCUT2D eigenvalue weighted by molar-refractivity contribution is 6.70. The van der Waals surface area contributed by atoms with Gasteiger partial charge in [0.25, 0.3) is 8.32 Å². The fourth-order valence-electron chi connectivity index (χ4n) is 1.43. The monoisotopic (exact) mass is 311 g/mol. The first-order valence-corrected chi connectivity index (χ1v) is 13.5. The molecule has 0 fully saturated rings. The van der Waals surface area contributed by atoms with Crippen LogP contribution in [0, 0.1) is 0 Å². The minimum atomic E-state index is -1.68. The highest BCUT2D eigenvalue weighted by Gasteiger charge is 2.19. The smallest absolute Gasteiger partial charge is 0.278 e. The highest BCUT2D eigenvalue weighted by atomic mass is 28.4. The maximum atomic E-state index is 6.03. The van der Waals surface area contributed by atoms with Gasteiger partial charge < -0.3 is 13.7 Å². The van der Waals surface area contributed by atoms with E-state index in [9.17, 15) is 0 Å². The molecule has 6 heteroatoms. The van der Waals surface area contributed by atoms with Gasteiger partial charge in [-0.15, -0.1) is 5.16 Å². The van der Waals surface area contributed by atoms with Crippen molar-refractivity contribution in [3.05, 3.63) is 23.8 Å². The van der Waals surface area contributed by atoms with Gasteiger partial charge in [0, 0.05) is 0 Å². The predicted octanol–water partition coefficient (Wildman–Crippen LogP) is 4.09. The zero-order chi connectivity index (χ0) is 15.4. The Kier molecular flexibility index (Phi) is 5.41. The molecule has 0 saturated carbocycles. The van der Waals surface area contributed by atoms with Crippen LogP contribution in [0.4, 0.5) is 0 Å². The van der Waals surface area contributed by atoms with Gasteiger partial charge in [-0.2, -0.15) is 0 Å². The standard InChI is InChI=1S/C14H25NO3Si2/c1-16-13-9-8-12(11-15-18-20(5,6)7)10-14(13)17-19(2,3)4/h8-11H,1-7H3. The van der Waals surface area contributed by atoms with Gasteiger partial charge in [0.2, 0.25) is 8.32 Å². The molecule has 0 aromatic heterocycles. The molecule has 0 aliphatic heterocycles. The Morgan fingerprint density at radius 1 is 0.950 bits per heavy atom. The fourth-order valence-corrected chi connectivity index (χ4v) is 2.62. The van der Waals surface area contributed by atoms with Crippen LogP contribution < -0.4 is 9.16 Å². The largest absolute Gasteiger partial charge is 0.542 e. The van der Waals surface area contributed by atoms with Crippen molar-refractivity contribution in [2.45, 2.75) is 39.3 Å². The topological polar surface area (TPSA) is 40.0 Å². The van der Waals surface area contributed by atoms with Crippen LogP contribution in [0.3, 0.4) is 0 Å². The third-order valence-electron chi connectivity index (χ3n) is 2.13. The average molecular weight is 312 g/mol. The molecule has 1 aromatic rings. The summed E-state index contributed by atoms with van der Waals surface area (Å²) in [4.78, 5) is 0. The number of hydrogen-bond donors (Lipinski definition) is 0. The first-order chi connectivity index (χ1) is 9.11. The van der Waals surface area contributed by atoms with Gasteiger partial charge >= 0.3 is 0 Å². The summed E-state index contributed by atoms with van der Waals surface area (Å²) < 4.78 is 16.8. The van der Waals surface area contributed by atoms with Crippen molar-refractivity contribution in [2.24, 2.45) is 5.16 Å². The van der Waals surface area contributed by atoms with Crippen LogP contribution in [0.15, 0.2) is 23.4 Å². The second kappa shape index (κ2) is 6.45. The van der Waals surface area contributed by atoms with E-state index in [0.717, 1.165) is 17.1 Å². The molecule has 0 heterocycles. The minimum Gasteiger partial charge on any atom is -0.542 e. The van der Waals surface area contributed by atoms with Crippen molar-refractivity contribution in [1.29, 1.82) is 0 Å². The molecule has 4 nitrogen and oxygen atoms in total. The van der Waals surface area contributed by atoms with Gasteiger partial charge in [-0.1, -0.05) is 0 Å². The lowest BCUT2D eigenvalue weighted by atomic mass is 10.2. The van der Waals surface area contributed by atoms with E-state index < -0.39 is 16.6 Å². The quantitative estimate of drug-likeness (QED) is 0.451. The molecule has 0 atom stereocenters. The molecular formula is C14H25NO3Si2. The molecule has 0 aliphatic rings. The third kappa shape index (κ3) is 6.25. The summed E-state index contributed by atoms with van der Waals surface area (Å²) in [6.45, 7) is 12.7. The van der Waals surface area contributed by atoms with E-state index in [1.807, 2.05) is 18.2 Å². The van der Waals surface area contributed by atoms with Crippen molar-refractivity contribution in [1.82, 2.24) is 0 Å². The van der Waals surface area contributed by atoms with Crippen molar-refractivity contribution >= 4 is 22.8 Å². The molecule has 1 aromatic carbocycles. The Morgan fingerprint density at radius 2 is 1.60 bits per heavy atom. The van der Waals surface area contributed by atoms with Crippen LogP contribution in [0.5, 0.6) is 11.5 Å². The van der Waals surface area contributed by atoms with Crippen LogP contribution in [0.25, 0.3) is 0 Å². The molecule has 0 aliphatic carbocycles. The molecular weight excluding hydrogens is 286 g/mol. The zero-order valence-electron chi connectivity index (χ0n) is 13.5. The molecule has 0 bridgehead atoms. The van der Waals surface area contributed by atoms with E-state index in [2.05, 4.69) is 44.4 Å². The first-order valence-electron chi connectivity index (χ1n) is 6.69. The maximum absolute atomic E-state index is 6.03. The lowest BCUT2D eigenvalue weighted by Gasteiger charge is -2.21. The minimum absolute atomic E-state index is 0.746. The van der Waals surface area contributed by atoms with Gasteiger partial charge in [0.05, 0.1) is 13.3 Å². The second-order valence-electron chi connectivity index (χ2n) is 6.56. The Hall–Kier alpha value is -1.28. The van der Waals surface area contributed by atoms with Crippen LogP contribution in [0.1, 0.15) is 5.56 Å². The maximum Gasteiger partial charge on any atom is 0.278 e. The molecule has 0 N–H and O–H groups in total. The van der Waals surface area contributed by atoms with E-state index in [4.69, 9.17) is 13.7 Å². The summed E-state index contributed by atoms with van der Waals surface area (Å²) in [5.41, 5.74) is 0.942. The molecule has 20 heavy (non-hydrogen) atoms. The first kappa shape index (κ1) is 16.8. The Morgan fingerprint density at radius 3 is 2.10 bits per heavy atom. The molecule has 0 amide bonds. The number of methoxy groups -OCH3 is 1. The number of hydrogen-bond acceptors (Lipinski definition) is 4. The number of nitrogens with zero attached hydrogens (tertiary/aromatic N) is 1. The fraction of sp³-hybridized carbons (Fsp3) is 0.500. The van der Waals surface area contributed by atoms with Crippen LogP contribution in [-0.4, -0.2) is 30.0 Å². The predicted molar refractivity (Wildman–Crippen MR) is 89.0 cm³/mol. The van der Waals surface area contributed by atoms with Gasteiger partial charge in [-0.05, 0) is 63.0 Å². The summed E-state index contributed by atoms with van der Waals surface area (Å²) in [6.07, 6.45) is 1.72. The van der Waals surface area contributed by atoms with Crippen LogP contribution >= 0.6 is 0 Å². The Bertz CT molecular complexity index is 476. The van der Waals surface area contributed by atoms with Crippen LogP contribution in [-0.2, 0) is 4.53 Å². The lowest BCUT2D eigenvalue weighted by molar-refractivity contribution is 0.338. The van der Waals surface area contributed by atoms with E-state index >= 15 is 0 Å². The van der Waals surface area contributed by atoms with Gasteiger partial charge in [-0.3, -0.25) is 0 Å². The summed E-state index contributed by atoms with van der Waals surface area (Å²) in [6, 6.07) is 5.77. The van der Waals surface area contributed by atoms with Gasteiger partial charge in [0.1, 0.15) is 5.75 Å². The summed E-state index contributed by atoms with van der Waals surface area (Å²) in [5.74, 6) is 1.51. The Labute approximate surface area is 124 Å². The number of rotatable bonds is 6. The molecule has 112 valence electrons. The van der Waals surface area contributed by atoms with E-state index in [0.29, 0.717) is 0 Å². The van der Waals surface area contributed by atoms with Crippen molar-refractivity contribution in [3.8, 4) is 11.5 Å². The van der Waals surface area contributed by atoms with Crippen LogP contribution in [0.2, 0.25) is 39.3 Å². The molecule has 1 rings (SSSR count). The molecule has 0 saturated heterocycles. The number of oxime groups is 1. The van der Waals surface area contributed by atoms with E-state index in [-0.39, 0.29) is 0 Å². The van der Waals surface area contributed by atoms with Gasteiger partial charge in [-0.25, -0.2) is 0 Å². The van der Waals surface area contributed by atoms with E-state index in [1.54, 1.807) is 13.3 Å².